The van der Waals surface area contributed by atoms with E-state index in [4.69, 9.17) is 4.74 Å². The fourth-order valence-electron chi connectivity index (χ4n) is 4.20. The second-order valence-corrected chi connectivity index (χ2v) is 7.64. The van der Waals surface area contributed by atoms with E-state index in [1.165, 1.54) is 12.8 Å². The van der Waals surface area contributed by atoms with E-state index in [9.17, 15) is 5.11 Å². The van der Waals surface area contributed by atoms with Crippen LogP contribution in [0.3, 0.4) is 0 Å². The first kappa shape index (κ1) is 18.6. The van der Waals surface area contributed by atoms with Crippen molar-refractivity contribution in [2.45, 2.75) is 38.0 Å². The van der Waals surface area contributed by atoms with Crippen molar-refractivity contribution in [2.75, 3.05) is 33.3 Å². The van der Waals surface area contributed by atoms with Gasteiger partial charge in [0.2, 0.25) is 0 Å². The fourth-order valence-corrected chi connectivity index (χ4v) is 4.20. The van der Waals surface area contributed by atoms with Crippen LogP contribution >= 0.6 is 0 Å². The number of β-amino-alcohol motifs (C(OH)–C–C–N with tert-alkyl or cyclic N) is 1. The molecule has 7 heteroatoms. The Kier molecular flexibility index (Phi) is 5.83. The summed E-state index contributed by atoms with van der Waals surface area (Å²) in [4.78, 5) is 2.19. The van der Waals surface area contributed by atoms with Crippen LogP contribution in [0.1, 0.15) is 24.5 Å². The van der Waals surface area contributed by atoms with Gasteiger partial charge in [0.1, 0.15) is 5.82 Å². The third-order valence-electron chi connectivity index (χ3n) is 5.72. The quantitative estimate of drug-likeness (QED) is 0.789. The number of piperidine rings is 1. The van der Waals surface area contributed by atoms with Crippen molar-refractivity contribution in [1.29, 1.82) is 0 Å². The van der Waals surface area contributed by atoms with Gasteiger partial charge >= 0.3 is 0 Å². The molecule has 2 aliphatic heterocycles. The van der Waals surface area contributed by atoms with Crippen molar-refractivity contribution in [2.24, 2.45) is 5.92 Å². The van der Waals surface area contributed by atoms with Crippen LogP contribution in [-0.4, -0.2) is 70.3 Å². The summed E-state index contributed by atoms with van der Waals surface area (Å²) in [6.07, 6.45) is 2.74. The van der Waals surface area contributed by atoms with E-state index in [0.29, 0.717) is 25.6 Å². The average Bonchev–Trinajstić information content (AvgIpc) is 3.26. The molecule has 2 fully saturated rings. The minimum Gasteiger partial charge on any atom is -0.389 e. The predicted octanol–water partition coefficient (Wildman–Crippen LogP) is 1.00. The highest BCUT2D eigenvalue weighted by atomic mass is 16.5. The van der Waals surface area contributed by atoms with Gasteiger partial charge in [-0.05, 0) is 44.0 Å². The number of methoxy groups -OCH3 is 1. The smallest absolute Gasteiger partial charge is 0.151 e. The molecule has 0 radical (unpaired) electrons. The zero-order valence-corrected chi connectivity index (χ0v) is 15.9. The maximum atomic E-state index is 10.1. The van der Waals surface area contributed by atoms with Gasteiger partial charge in [-0.15, -0.1) is 10.2 Å². The van der Waals surface area contributed by atoms with E-state index in [2.05, 4.69) is 37.1 Å². The zero-order chi connectivity index (χ0) is 18.6. The van der Waals surface area contributed by atoms with Gasteiger partial charge in [-0.3, -0.25) is 9.47 Å². The van der Waals surface area contributed by atoms with Gasteiger partial charge in [0.25, 0.3) is 0 Å². The van der Waals surface area contributed by atoms with Crippen LogP contribution in [0.2, 0.25) is 0 Å². The van der Waals surface area contributed by atoms with Gasteiger partial charge in [0, 0.05) is 32.3 Å². The summed E-state index contributed by atoms with van der Waals surface area (Å²) in [5, 5.41) is 22.6. The average molecular weight is 371 g/mol. The lowest BCUT2D eigenvalue weighted by molar-refractivity contribution is 0.0214. The molecule has 1 aromatic heterocycles. The van der Waals surface area contributed by atoms with Crippen LogP contribution in [0.5, 0.6) is 0 Å². The van der Waals surface area contributed by atoms with Crippen molar-refractivity contribution < 1.29 is 9.84 Å². The van der Waals surface area contributed by atoms with Crippen LogP contribution in [0, 0.1) is 5.92 Å². The summed E-state index contributed by atoms with van der Waals surface area (Å²) in [7, 11) is 1.65. The molecule has 3 heterocycles. The number of nitrogens with one attached hydrogen (secondary N) is 1. The van der Waals surface area contributed by atoms with Gasteiger partial charge in [-0.1, -0.05) is 18.2 Å². The predicted molar refractivity (Wildman–Crippen MR) is 103 cm³/mol. The molecule has 27 heavy (non-hydrogen) atoms. The lowest BCUT2D eigenvalue weighted by Gasteiger charge is -2.22. The lowest BCUT2D eigenvalue weighted by Crippen LogP contribution is -2.29. The molecule has 1 aromatic carbocycles. The van der Waals surface area contributed by atoms with Gasteiger partial charge in [0.15, 0.2) is 5.82 Å². The Morgan fingerprint density at radius 1 is 1.11 bits per heavy atom. The van der Waals surface area contributed by atoms with Crippen LogP contribution in [-0.2, 0) is 17.7 Å². The number of nitrogens with zero attached hydrogens (tertiary/aromatic N) is 4. The molecule has 2 atom stereocenters. The monoisotopic (exact) mass is 371 g/mol. The molecule has 2 saturated heterocycles. The highest BCUT2D eigenvalue weighted by Crippen LogP contribution is 2.22. The molecule has 0 spiro atoms. The standard InChI is InChI=1S/C20H29N5O2/c1-27-18-13-24(12-17(18)26)14-20-23-22-19(11-15-7-9-21-10-8-15)25(20)16-5-3-2-4-6-16/h2-6,15,17-18,21,26H,7-14H2,1H3/t17-,18-/m1/s1. The first-order valence-corrected chi connectivity index (χ1v) is 9.87. The molecule has 2 N–H and O–H groups in total. The Bertz CT molecular complexity index is 729. The van der Waals surface area contributed by atoms with Crippen LogP contribution in [0.4, 0.5) is 0 Å². The Labute approximate surface area is 160 Å². The zero-order valence-electron chi connectivity index (χ0n) is 15.9. The van der Waals surface area contributed by atoms with Crippen molar-refractivity contribution in [3.63, 3.8) is 0 Å². The van der Waals surface area contributed by atoms with Crippen molar-refractivity contribution in [1.82, 2.24) is 25.0 Å². The highest BCUT2D eigenvalue weighted by molar-refractivity contribution is 5.34. The first-order valence-electron chi connectivity index (χ1n) is 9.87. The topological polar surface area (TPSA) is 75.4 Å². The normalized spacial score (nSPS) is 24.5. The minimum absolute atomic E-state index is 0.132. The molecular weight excluding hydrogens is 342 g/mol. The number of aliphatic hydroxyl groups is 1. The summed E-state index contributed by atoms with van der Waals surface area (Å²) in [5.41, 5.74) is 1.10. The Balaban J connectivity index is 1.57. The third-order valence-corrected chi connectivity index (χ3v) is 5.72. The number of hydrogen-bond donors (Lipinski definition) is 2. The molecule has 4 rings (SSSR count). The van der Waals surface area contributed by atoms with Crippen molar-refractivity contribution in [3.05, 3.63) is 42.0 Å². The number of likely N-dealkylation sites (tertiary alicyclic amines) is 1. The molecule has 0 aliphatic carbocycles. The first-order chi connectivity index (χ1) is 13.2. The van der Waals surface area contributed by atoms with E-state index in [1.54, 1.807) is 7.11 Å². The van der Waals surface area contributed by atoms with Crippen LogP contribution < -0.4 is 5.32 Å². The third kappa shape index (κ3) is 4.21. The molecule has 0 bridgehead atoms. The molecule has 0 unspecified atom stereocenters. The molecule has 0 amide bonds. The number of rotatable bonds is 6. The van der Waals surface area contributed by atoms with E-state index < -0.39 is 6.10 Å². The molecule has 146 valence electrons. The van der Waals surface area contributed by atoms with Gasteiger partial charge in [0.05, 0.1) is 18.8 Å². The highest BCUT2D eigenvalue weighted by Gasteiger charge is 2.32. The minimum atomic E-state index is -0.447. The van der Waals surface area contributed by atoms with Crippen LogP contribution in [0.15, 0.2) is 30.3 Å². The lowest BCUT2D eigenvalue weighted by atomic mass is 9.94. The maximum Gasteiger partial charge on any atom is 0.151 e. The Morgan fingerprint density at radius 2 is 1.85 bits per heavy atom. The van der Waals surface area contributed by atoms with Gasteiger partial charge in [-0.2, -0.15) is 0 Å². The molecule has 2 aliphatic rings. The summed E-state index contributed by atoms with van der Waals surface area (Å²) < 4.78 is 7.57. The summed E-state index contributed by atoms with van der Waals surface area (Å²) in [5.74, 6) is 2.61. The van der Waals surface area contributed by atoms with E-state index >= 15 is 0 Å². The Morgan fingerprint density at radius 3 is 2.56 bits per heavy atom. The SMILES string of the molecule is CO[C@@H]1CN(Cc2nnc(CC3CCNCC3)n2-c2ccccc2)C[C@H]1O. The summed E-state index contributed by atoms with van der Waals surface area (Å²) >= 11 is 0. The number of aromatic nitrogens is 3. The van der Waals surface area contributed by atoms with Crippen molar-refractivity contribution >= 4 is 0 Å². The fraction of sp³-hybridized carbons (Fsp3) is 0.600. The van der Waals surface area contributed by atoms with E-state index in [0.717, 1.165) is 36.8 Å². The van der Waals surface area contributed by atoms with Crippen LogP contribution in [0.25, 0.3) is 5.69 Å². The molecular formula is C20H29N5O2. The number of benzene rings is 1. The summed E-state index contributed by atoms with van der Waals surface area (Å²) in [6.45, 7) is 4.14. The molecule has 0 saturated carbocycles. The number of hydrogen-bond acceptors (Lipinski definition) is 6. The molecule has 2 aromatic rings. The van der Waals surface area contributed by atoms with E-state index in [1.807, 2.05) is 18.2 Å². The second-order valence-electron chi connectivity index (χ2n) is 7.64. The molecule has 7 nitrogen and oxygen atoms in total. The maximum absolute atomic E-state index is 10.1. The van der Waals surface area contributed by atoms with E-state index in [-0.39, 0.29) is 6.10 Å². The summed E-state index contributed by atoms with van der Waals surface area (Å²) in [6, 6.07) is 10.3. The number of aliphatic hydroxyl groups excluding tert-OH is 1. The van der Waals surface area contributed by atoms with Crippen molar-refractivity contribution in [3.8, 4) is 5.69 Å². The Hall–Kier alpha value is -1.80. The van der Waals surface area contributed by atoms with Gasteiger partial charge in [-0.25, -0.2) is 0 Å². The number of para-hydroxylation sites is 1. The van der Waals surface area contributed by atoms with Gasteiger partial charge < -0.3 is 15.2 Å². The number of ether oxygens (including phenoxy) is 1. The second kappa shape index (κ2) is 8.48. The largest absolute Gasteiger partial charge is 0.389 e.